The Bertz CT molecular complexity index is 1190. The maximum absolute atomic E-state index is 13.4. The number of amides is 3. The highest BCUT2D eigenvalue weighted by molar-refractivity contribution is 7.98. The minimum atomic E-state index is -0.638. The minimum Gasteiger partial charge on any atom is -0.459 e. The van der Waals surface area contributed by atoms with Crippen molar-refractivity contribution in [3.05, 3.63) is 72.2 Å². The van der Waals surface area contributed by atoms with Gasteiger partial charge in [-0.05, 0) is 60.2 Å². The first-order valence-electron chi connectivity index (χ1n) is 10.3. The number of hydrogen-bond donors (Lipinski definition) is 2. The molecule has 3 heterocycles. The van der Waals surface area contributed by atoms with Crippen molar-refractivity contribution in [1.29, 1.82) is 0 Å². The Hall–Kier alpha value is -3.52. The summed E-state index contributed by atoms with van der Waals surface area (Å²) in [5.41, 5.74) is 2.86. The van der Waals surface area contributed by atoms with Crippen molar-refractivity contribution in [2.75, 3.05) is 18.1 Å². The lowest BCUT2D eigenvalue weighted by atomic mass is 10.0. The fourth-order valence-electron chi connectivity index (χ4n) is 4.24. The van der Waals surface area contributed by atoms with E-state index in [1.807, 2.05) is 42.7 Å². The molecule has 2 aliphatic rings. The highest BCUT2D eigenvalue weighted by Crippen LogP contribution is 2.32. The molecular formula is C24H21N3O4S. The van der Waals surface area contributed by atoms with E-state index in [2.05, 4.69) is 10.6 Å². The van der Waals surface area contributed by atoms with E-state index in [0.29, 0.717) is 17.7 Å². The molecule has 0 aliphatic carbocycles. The van der Waals surface area contributed by atoms with Crippen molar-refractivity contribution in [3.63, 3.8) is 0 Å². The van der Waals surface area contributed by atoms with Crippen LogP contribution in [0.3, 0.4) is 0 Å². The fraction of sp³-hybridized carbons (Fsp3) is 0.208. The molecule has 3 aromatic rings. The zero-order chi connectivity index (χ0) is 22.2. The quantitative estimate of drug-likeness (QED) is 0.596. The van der Waals surface area contributed by atoms with Gasteiger partial charge < -0.3 is 20.0 Å². The van der Waals surface area contributed by atoms with Gasteiger partial charge in [0, 0.05) is 17.5 Å². The number of nitrogens with one attached hydrogen (secondary N) is 2. The molecule has 2 atom stereocenters. The summed E-state index contributed by atoms with van der Waals surface area (Å²) in [7, 11) is 0. The SMILES string of the molecule is CSc1ccc(-c2ccc3c(c2)C(=O)N2C[C@@H](NC(=O)c4ccco4)C[C@H]2C(=O)N3)cc1. The summed E-state index contributed by atoms with van der Waals surface area (Å²) in [4.78, 5) is 41.3. The smallest absolute Gasteiger partial charge is 0.287 e. The normalized spacial score (nSPS) is 19.7. The van der Waals surface area contributed by atoms with Crippen molar-refractivity contribution in [2.24, 2.45) is 0 Å². The molecule has 3 amide bonds. The van der Waals surface area contributed by atoms with Gasteiger partial charge in [-0.15, -0.1) is 11.8 Å². The Labute approximate surface area is 189 Å². The van der Waals surface area contributed by atoms with Gasteiger partial charge in [0.2, 0.25) is 5.91 Å². The number of benzene rings is 2. The number of anilines is 1. The van der Waals surface area contributed by atoms with Crippen molar-refractivity contribution < 1.29 is 18.8 Å². The minimum absolute atomic E-state index is 0.199. The average molecular weight is 448 g/mol. The molecule has 0 bridgehead atoms. The molecule has 7 nitrogen and oxygen atoms in total. The van der Waals surface area contributed by atoms with Gasteiger partial charge in [0.15, 0.2) is 5.76 Å². The van der Waals surface area contributed by atoms with E-state index in [4.69, 9.17) is 4.42 Å². The van der Waals surface area contributed by atoms with Gasteiger partial charge in [-0.3, -0.25) is 14.4 Å². The van der Waals surface area contributed by atoms with Crippen LogP contribution in [0.15, 0.2) is 70.2 Å². The first-order valence-corrected chi connectivity index (χ1v) is 11.5. The maximum atomic E-state index is 13.4. The van der Waals surface area contributed by atoms with Crippen LogP contribution in [0.2, 0.25) is 0 Å². The summed E-state index contributed by atoms with van der Waals surface area (Å²) in [6.45, 7) is 0.259. The molecule has 8 heteroatoms. The summed E-state index contributed by atoms with van der Waals surface area (Å²) in [6.07, 6.45) is 3.80. The van der Waals surface area contributed by atoms with E-state index in [0.717, 1.165) is 16.0 Å². The predicted molar refractivity (Wildman–Crippen MR) is 122 cm³/mol. The Morgan fingerprint density at radius 3 is 2.62 bits per heavy atom. The van der Waals surface area contributed by atoms with E-state index in [1.54, 1.807) is 34.9 Å². The van der Waals surface area contributed by atoms with Crippen molar-refractivity contribution >= 4 is 35.2 Å². The third-order valence-corrected chi connectivity index (χ3v) is 6.62. The standard InChI is InChI=1S/C24H21N3O4S/c1-32-17-7-4-14(5-8-17)15-6-9-19-18(11-15)24(30)27-13-16(12-20(27)22(28)26-19)25-23(29)21-3-2-10-31-21/h2-11,16,20H,12-13H2,1H3,(H,25,29)(H,26,28)/t16-,20-/m0/s1. The molecule has 1 saturated heterocycles. The Balaban J connectivity index is 1.40. The van der Waals surface area contributed by atoms with Crippen LogP contribution in [0, 0.1) is 0 Å². The van der Waals surface area contributed by atoms with E-state index in [-0.39, 0.29) is 36.1 Å². The number of carbonyl (C=O) groups is 3. The first kappa shape index (κ1) is 20.4. The van der Waals surface area contributed by atoms with Gasteiger partial charge in [-0.25, -0.2) is 0 Å². The van der Waals surface area contributed by atoms with Crippen molar-refractivity contribution in [2.45, 2.75) is 23.4 Å². The van der Waals surface area contributed by atoms with Crippen LogP contribution in [0.5, 0.6) is 0 Å². The summed E-state index contributed by atoms with van der Waals surface area (Å²) in [6, 6.07) is 15.9. The molecule has 0 unspecified atom stereocenters. The van der Waals surface area contributed by atoms with Crippen LogP contribution < -0.4 is 10.6 Å². The van der Waals surface area contributed by atoms with Crippen LogP contribution >= 0.6 is 11.8 Å². The lowest BCUT2D eigenvalue weighted by molar-refractivity contribution is -0.119. The number of rotatable bonds is 4. The fourth-order valence-corrected chi connectivity index (χ4v) is 4.65. The van der Waals surface area contributed by atoms with Gasteiger partial charge in [-0.1, -0.05) is 18.2 Å². The largest absolute Gasteiger partial charge is 0.459 e. The lowest BCUT2D eigenvalue weighted by Crippen LogP contribution is -2.41. The van der Waals surface area contributed by atoms with Gasteiger partial charge in [0.1, 0.15) is 6.04 Å². The maximum Gasteiger partial charge on any atom is 0.287 e. The molecule has 1 fully saturated rings. The molecule has 162 valence electrons. The highest BCUT2D eigenvalue weighted by atomic mass is 32.2. The summed E-state index contributed by atoms with van der Waals surface area (Å²) in [5, 5.41) is 5.75. The Morgan fingerprint density at radius 2 is 1.91 bits per heavy atom. The number of carbonyl (C=O) groups excluding carboxylic acids is 3. The molecule has 0 spiro atoms. The van der Waals surface area contributed by atoms with Crippen molar-refractivity contribution in [1.82, 2.24) is 10.2 Å². The third kappa shape index (κ3) is 3.67. The summed E-state index contributed by atoms with van der Waals surface area (Å²) >= 11 is 1.67. The molecule has 32 heavy (non-hydrogen) atoms. The monoisotopic (exact) mass is 447 g/mol. The zero-order valence-corrected chi connectivity index (χ0v) is 18.1. The molecule has 1 aromatic heterocycles. The zero-order valence-electron chi connectivity index (χ0n) is 17.3. The second-order valence-electron chi connectivity index (χ2n) is 7.83. The van der Waals surface area contributed by atoms with E-state index >= 15 is 0 Å². The van der Waals surface area contributed by atoms with Crippen LogP contribution in [0.25, 0.3) is 11.1 Å². The molecule has 0 saturated carbocycles. The second-order valence-corrected chi connectivity index (χ2v) is 8.71. The summed E-state index contributed by atoms with van der Waals surface area (Å²) < 4.78 is 5.13. The van der Waals surface area contributed by atoms with Gasteiger partial charge >= 0.3 is 0 Å². The number of hydrogen-bond acceptors (Lipinski definition) is 5. The molecule has 2 aromatic carbocycles. The number of fused-ring (bicyclic) bond motifs is 2. The molecule has 2 N–H and O–H groups in total. The lowest BCUT2D eigenvalue weighted by Gasteiger charge is -2.20. The topological polar surface area (TPSA) is 91.7 Å². The summed E-state index contributed by atoms with van der Waals surface area (Å²) in [5.74, 6) is -0.628. The number of thioether (sulfide) groups is 1. The second kappa shape index (κ2) is 8.20. The van der Waals surface area contributed by atoms with Crippen LogP contribution in [0.1, 0.15) is 27.3 Å². The van der Waals surface area contributed by atoms with Gasteiger partial charge in [-0.2, -0.15) is 0 Å². The van der Waals surface area contributed by atoms with Gasteiger partial charge in [0.05, 0.1) is 17.5 Å². The molecule has 5 rings (SSSR count). The van der Waals surface area contributed by atoms with Gasteiger partial charge in [0.25, 0.3) is 11.8 Å². The van der Waals surface area contributed by atoms with E-state index < -0.39 is 6.04 Å². The van der Waals surface area contributed by atoms with E-state index in [1.165, 1.54) is 6.26 Å². The van der Waals surface area contributed by atoms with Crippen LogP contribution in [-0.4, -0.2) is 47.5 Å². The van der Waals surface area contributed by atoms with Crippen molar-refractivity contribution in [3.8, 4) is 11.1 Å². The molecule has 0 radical (unpaired) electrons. The highest BCUT2D eigenvalue weighted by Gasteiger charge is 2.43. The average Bonchev–Trinajstić information content (AvgIpc) is 3.48. The number of nitrogens with zero attached hydrogens (tertiary/aromatic N) is 1. The molecule has 2 aliphatic heterocycles. The predicted octanol–water partition coefficient (Wildman–Crippen LogP) is 3.63. The molecular weight excluding hydrogens is 426 g/mol. The van der Waals surface area contributed by atoms with Crippen LogP contribution in [-0.2, 0) is 4.79 Å². The third-order valence-electron chi connectivity index (χ3n) is 5.88. The first-order chi connectivity index (χ1) is 15.5. The Kier molecular flexibility index (Phi) is 5.22. The Morgan fingerprint density at radius 1 is 1.12 bits per heavy atom. The van der Waals surface area contributed by atoms with Crippen LogP contribution in [0.4, 0.5) is 5.69 Å². The van der Waals surface area contributed by atoms with E-state index in [9.17, 15) is 14.4 Å². The number of furan rings is 1.